The summed E-state index contributed by atoms with van der Waals surface area (Å²) in [6.07, 6.45) is -0.574. The minimum atomic E-state index is -0.370. The van der Waals surface area contributed by atoms with Crippen LogP contribution >= 0.6 is 0 Å². The maximum Gasteiger partial charge on any atom is 0.407 e. The summed E-state index contributed by atoms with van der Waals surface area (Å²) in [6.45, 7) is 7.08. The van der Waals surface area contributed by atoms with E-state index in [1.165, 1.54) is 5.56 Å². The molecule has 1 heterocycles. The number of benzene rings is 1. The van der Waals surface area contributed by atoms with Crippen molar-refractivity contribution in [2.24, 2.45) is 5.92 Å². The Kier molecular flexibility index (Phi) is 5.24. The van der Waals surface area contributed by atoms with Crippen molar-refractivity contribution in [1.82, 2.24) is 10.6 Å². The summed E-state index contributed by atoms with van der Waals surface area (Å²) in [4.78, 5) is 10.9. The summed E-state index contributed by atoms with van der Waals surface area (Å²) in [6, 6.07) is 7.96. The number of nitrogens with one attached hydrogen (secondary N) is 2. The molecule has 5 nitrogen and oxygen atoms in total. The Morgan fingerprint density at radius 3 is 3.05 bits per heavy atom. The first-order valence-electron chi connectivity index (χ1n) is 7.00. The van der Waals surface area contributed by atoms with Crippen molar-refractivity contribution in [2.75, 3.05) is 19.7 Å². The van der Waals surface area contributed by atoms with Crippen LogP contribution in [0, 0.1) is 5.92 Å². The third kappa shape index (κ3) is 4.74. The molecule has 1 atom stereocenters. The standard InChI is InChI=1S/C15H22N2O3/c1-11(2)7-16-8-12-4-3-5-13(6-12)19-10-14-9-17-15(18)20-14/h3-6,11,14,16H,7-10H2,1-2H3,(H,17,18). The third-order valence-electron chi connectivity index (χ3n) is 2.96. The van der Waals surface area contributed by atoms with Crippen molar-refractivity contribution in [1.29, 1.82) is 0 Å². The number of carbonyl (C=O) groups is 1. The molecule has 1 aromatic carbocycles. The molecule has 1 fully saturated rings. The van der Waals surface area contributed by atoms with Crippen LogP contribution in [0.5, 0.6) is 5.75 Å². The van der Waals surface area contributed by atoms with Crippen LogP contribution in [0.2, 0.25) is 0 Å². The summed E-state index contributed by atoms with van der Waals surface area (Å²) in [7, 11) is 0. The third-order valence-corrected chi connectivity index (χ3v) is 2.96. The van der Waals surface area contributed by atoms with Gasteiger partial charge in [-0.05, 0) is 30.2 Å². The van der Waals surface area contributed by atoms with E-state index >= 15 is 0 Å². The zero-order valence-electron chi connectivity index (χ0n) is 12.0. The number of cyclic esters (lactones) is 1. The molecule has 0 aliphatic carbocycles. The van der Waals surface area contributed by atoms with Crippen LogP contribution in [0.25, 0.3) is 0 Å². The van der Waals surface area contributed by atoms with Gasteiger partial charge in [0.2, 0.25) is 0 Å². The predicted molar refractivity (Wildman–Crippen MR) is 76.8 cm³/mol. The fourth-order valence-electron chi connectivity index (χ4n) is 1.96. The van der Waals surface area contributed by atoms with Crippen LogP contribution in [0.4, 0.5) is 4.79 Å². The number of rotatable bonds is 7. The van der Waals surface area contributed by atoms with E-state index < -0.39 is 0 Å². The van der Waals surface area contributed by atoms with Gasteiger partial charge in [-0.1, -0.05) is 26.0 Å². The highest BCUT2D eigenvalue weighted by Gasteiger charge is 2.22. The van der Waals surface area contributed by atoms with Gasteiger partial charge in [-0.25, -0.2) is 4.79 Å². The Labute approximate surface area is 119 Å². The van der Waals surface area contributed by atoms with E-state index in [1.807, 2.05) is 18.2 Å². The second kappa shape index (κ2) is 7.14. The molecule has 110 valence electrons. The van der Waals surface area contributed by atoms with Gasteiger partial charge < -0.3 is 20.1 Å². The molecule has 1 amide bonds. The van der Waals surface area contributed by atoms with Crippen LogP contribution in [0.15, 0.2) is 24.3 Å². The quantitative estimate of drug-likeness (QED) is 0.800. The lowest BCUT2D eigenvalue weighted by Crippen LogP contribution is -2.22. The van der Waals surface area contributed by atoms with E-state index in [2.05, 4.69) is 30.5 Å². The molecule has 1 aromatic rings. The second-order valence-corrected chi connectivity index (χ2v) is 5.39. The zero-order chi connectivity index (χ0) is 14.4. The van der Waals surface area contributed by atoms with Crippen LogP contribution < -0.4 is 15.4 Å². The van der Waals surface area contributed by atoms with Crippen molar-refractivity contribution in [3.63, 3.8) is 0 Å². The first kappa shape index (κ1) is 14.7. The number of alkyl carbamates (subject to hydrolysis) is 1. The molecule has 5 heteroatoms. The van der Waals surface area contributed by atoms with Crippen molar-refractivity contribution < 1.29 is 14.3 Å². The molecule has 20 heavy (non-hydrogen) atoms. The van der Waals surface area contributed by atoms with Crippen LogP contribution in [0.3, 0.4) is 0 Å². The minimum Gasteiger partial charge on any atom is -0.490 e. The summed E-state index contributed by atoms with van der Waals surface area (Å²) >= 11 is 0. The van der Waals surface area contributed by atoms with E-state index in [0.29, 0.717) is 19.1 Å². The minimum absolute atomic E-state index is 0.203. The summed E-state index contributed by atoms with van der Waals surface area (Å²) in [5.74, 6) is 1.44. The Hall–Kier alpha value is -1.75. The van der Waals surface area contributed by atoms with Gasteiger partial charge in [0.25, 0.3) is 0 Å². The number of amides is 1. The normalized spacial score (nSPS) is 17.9. The second-order valence-electron chi connectivity index (χ2n) is 5.39. The molecule has 1 aliphatic rings. The largest absolute Gasteiger partial charge is 0.490 e. The smallest absolute Gasteiger partial charge is 0.407 e. The Morgan fingerprint density at radius 2 is 2.35 bits per heavy atom. The lowest BCUT2D eigenvalue weighted by atomic mass is 10.2. The van der Waals surface area contributed by atoms with E-state index in [0.717, 1.165) is 18.8 Å². The summed E-state index contributed by atoms with van der Waals surface area (Å²) < 4.78 is 10.7. The topological polar surface area (TPSA) is 59.6 Å². The molecular formula is C15H22N2O3. The first-order valence-corrected chi connectivity index (χ1v) is 7.00. The fraction of sp³-hybridized carbons (Fsp3) is 0.533. The van der Waals surface area contributed by atoms with Gasteiger partial charge in [0.15, 0.2) is 6.10 Å². The number of ether oxygens (including phenoxy) is 2. The summed E-state index contributed by atoms with van der Waals surface area (Å²) in [5, 5.41) is 6.00. The van der Waals surface area contributed by atoms with E-state index in [1.54, 1.807) is 0 Å². The average Bonchev–Trinajstić information content (AvgIpc) is 2.82. The number of hydrogen-bond donors (Lipinski definition) is 2. The van der Waals surface area contributed by atoms with Crippen molar-refractivity contribution >= 4 is 6.09 Å². The van der Waals surface area contributed by atoms with Gasteiger partial charge in [0.05, 0.1) is 6.54 Å². The lowest BCUT2D eigenvalue weighted by Gasteiger charge is -2.12. The molecule has 0 aromatic heterocycles. The average molecular weight is 278 g/mol. The van der Waals surface area contributed by atoms with Gasteiger partial charge in [0, 0.05) is 6.54 Å². The molecule has 0 saturated carbocycles. The van der Waals surface area contributed by atoms with Crippen molar-refractivity contribution in [2.45, 2.75) is 26.5 Å². The highest BCUT2D eigenvalue weighted by molar-refractivity contribution is 5.69. The molecule has 0 radical (unpaired) electrons. The van der Waals surface area contributed by atoms with Crippen molar-refractivity contribution in [3.05, 3.63) is 29.8 Å². The molecule has 1 aliphatic heterocycles. The van der Waals surface area contributed by atoms with Gasteiger partial charge in [0.1, 0.15) is 12.4 Å². The molecule has 1 saturated heterocycles. The van der Waals surface area contributed by atoms with E-state index in [4.69, 9.17) is 9.47 Å². The highest BCUT2D eigenvalue weighted by Crippen LogP contribution is 2.14. The summed E-state index contributed by atoms with van der Waals surface area (Å²) in [5.41, 5.74) is 1.18. The molecular weight excluding hydrogens is 256 g/mol. The molecule has 1 unspecified atom stereocenters. The predicted octanol–water partition coefficient (Wildman–Crippen LogP) is 1.92. The zero-order valence-corrected chi connectivity index (χ0v) is 12.0. The molecule has 2 N–H and O–H groups in total. The maximum absolute atomic E-state index is 10.9. The monoisotopic (exact) mass is 278 g/mol. The fourth-order valence-corrected chi connectivity index (χ4v) is 1.96. The van der Waals surface area contributed by atoms with E-state index in [9.17, 15) is 4.79 Å². The first-order chi connectivity index (χ1) is 9.63. The Morgan fingerprint density at radius 1 is 1.50 bits per heavy atom. The number of hydrogen-bond acceptors (Lipinski definition) is 4. The van der Waals surface area contributed by atoms with E-state index in [-0.39, 0.29) is 12.2 Å². The van der Waals surface area contributed by atoms with Crippen LogP contribution in [0.1, 0.15) is 19.4 Å². The van der Waals surface area contributed by atoms with Gasteiger partial charge >= 0.3 is 6.09 Å². The SMILES string of the molecule is CC(C)CNCc1cccc(OCC2CNC(=O)O2)c1. The molecule has 0 bridgehead atoms. The Bertz CT molecular complexity index is 448. The highest BCUT2D eigenvalue weighted by atomic mass is 16.6. The van der Waals surface area contributed by atoms with Gasteiger partial charge in [-0.3, -0.25) is 0 Å². The van der Waals surface area contributed by atoms with Gasteiger partial charge in [-0.2, -0.15) is 0 Å². The van der Waals surface area contributed by atoms with Crippen LogP contribution in [-0.4, -0.2) is 31.9 Å². The maximum atomic E-state index is 10.9. The molecule has 2 rings (SSSR count). The number of carbonyl (C=O) groups excluding carboxylic acids is 1. The van der Waals surface area contributed by atoms with Crippen LogP contribution in [-0.2, 0) is 11.3 Å². The van der Waals surface area contributed by atoms with Gasteiger partial charge in [-0.15, -0.1) is 0 Å². The molecule has 0 spiro atoms. The lowest BCUT2D eigenvalue weighted by molar-refractivity contribution is 0.105. The van der Waals surface area contributed by atoms with Crippen molar-refractivity contribution in [3.8, 4) is 5.75 Å². The Balaban J connectivity index is 1.78.